The van der Waals surface area contributed by atoms with Crippen molar-refractivity contribution >= 4 is 5.69 Å². The van der Waals surface area contributed by atoms with Crippen LogP contribution in [0.25, 0.3) is 0 Å². The van der Waals surface area contributed by atoms with Crippen LogP contribution in [-0.2, 0) is 0 Å². The zero-order valence-corrected chi connectivity index (χ0v) is 14.5. The summed E-state index contributed by atoms with van der Waals surface area (Å²) in [7, 11) is 0. The highest BCUT2D eigenvalue weighted by Gasteiger charge is 1.93. The molecule has 0 radical (unpaired) electrons. The van der Waals surface area contributed by atoms with E-state index in [1.165, 1.54) is 5.57 Å². The molecule has 0 heterocycles. The predicted molar refractivity (Wildman–Crippen MR) is 111 cm³/mol. The van der Waals surface area contributed by atoms with Gasteiger partial charge in [0.15, 0.2) is 0 Å². The first-order valence-corrected chi connectivity index (χ1v) is 8.61. The first kappa shape index (κ1) is 18.3. The maximum Gasteiger partial charge on any atom is 0.0340 e. The summed E-state index contributed by atoms with van der Waals surface area (Å²) >= 11 is 0. The largest absolute Gasteiger partial charge is 0.385 e. The molecule has 0 saturated heterocycles. The Morgan fingerprint density at radius 3 is 1.72 bits per heavy atom. The van der Waals surface area contributed by atoms with Gasteiger partial charge in [0.2, 0.25) is 0 Å². The second kappa shape index (κ2) is 12.4. The van der Waals surface area contributed by atoms with Gasteiger partial charge in [-0.05, 0) is 24.1 Å². The Morgan fingerprint density at radius 1 is 0.560 bits per heavy atom. The fraction of sp³-hybridized carbons (Fsp3) is 0.0833. The second-order valence-electron chi connectivity index (χ2n) is 5.45. The summed E-state index contributed by atoms with van der Waals surface area (Å²) in [6, 6.07) is 18.4. The molecule has 126 valence electrons. The van der Waals surface area contributed by atoms with E-state index in [-0.39, 0.29) is 0 Å². The number of nitrogens with one attached hydrogen (secondary N) is 1. The number of hydrogen-bond donors (Lipinski definition) is 1. The van der Waals surface area contributed by atoms with Gasteiger partial charge in [0.25, 0.3) is 0 Å². The molecule has 0 fully saturated rings. The first-order chi connectivity index (χ1) is 12.4. The Labute approximate surface area is 151 Å². The SMILES string of the molecule is C1=C\C=C/C=C\C(CCNc2ccccccccc2)=C/C=C\C=C/1. The van der Waals surface area contributed by atoms with Crippen molar-refractivity contribution in [1.29, 1.82) is 0 Å². The van der Waals surface area contributed by atoms with Crippen LogP contribution in [0.5, 0.6) is 0 Å². The highest BCUT2D eigenvalue weighted by atomic mass is 14.9. The summed E-state index contributed by atoms with van der Waals surface area (Å²) in [5.74, 6) is 0. The Balaban J connectivity index is 1.99. The van der Waals surface area contributed by atoms with Crippen LogP contribution >= 0.6 is 0 Å². The van der Waals surface area contributed by atoms with Gasteiger partial charge in [0.05, 0.1) is 0 Å². The van der Waals surface area contributed by atoms with Gasteiger partial charge in [0, 0.05) is 12.2 Å². The molecule has 1 aliphatic rings. The molecule has 1 N–H and O–H groups in total. The van der Waals surface area contributed by atoms with Gasteiger partial charge in [-0.2, -0.15) is 0 Å². The highest BCUT2D eigenvalue weighted by Crippen LogP contribution is 2.08. The lowest BCUT2D eigenvalue weighted by molar-refractivity contribution is 1.03. The van der Waals surface area contributed by atoms with Gasteiger partial charge in [-0.3, -0.25) is 0 Å². The van der Waals surface area contributed by atoms with Crippen LogP contribution in [0.4, 0.5) is 5.69 Å². The number of allylic oxidation sites excluding steroid dienone is 11. The van der Waals surface area contributed by atoms with Gasteiger partial charge in [-0.1, -0.05) is 109 Å². The molecule has 25 heavy (non-hydrogen) atoms. The van der Waals surface area contributed by atoms with Gasteiger partial charge >= 0.3 is 0 Å². The number of rotatable bonds is 4. The third kappa shape index (κ3) is 8.97. The predicted octanol–water partition coefficient (Wildman–Crippen LogP) is 6.33. The van der Waals surface area contributed by atoms with Crippen LogP contribution in [0.15, 0.2) is 127 Å². The van der Waals surface area contributed by atoms with Crippen LogP contribution in [0.2, 0.25) is 0 Å². The summed E-state index contributed by atoms with van der Waals surface area (Å²) in [6.45, 7) is 0.882. The molecule has 0 saturated carbocycles. The quantitative estimate of drug-likeness (QED) is 0.681. The zero-order chi connectivity index (χ0) is 17.4. The van der Waals surface area contributed by atoms with E-state index < -0.39 is 0 Å². The third-order valence-corrected chi connectivity index (χ3v) is 3.47. The van der Waals surface area contributed by atoms with E-state index in [1.807, 2.05) is 85.0 Å². The molecule has 2 rings (SSSR count). The molecule has 1 heteroatoms. The van der Waals surface area contributed by atoms with Crippen molar-refractivity contribution in [3.05, 3.63) is 127 Å². The van der Waals surface area contributed by atoms with E-state index in [9.17, 15) is 0 Å². The molecule has 0 atom stereocenters. The van der Waals surface area contributed by atoms with E-state index >= 15 is 0 Å². The van der Waals surface area contributed by atoms with Gasteiger partial charge in [-0.15, -0.1) is 0 Å². The Hall–Kier alpha value is -3.06. The zero-order valence-electron chi connectivity index (χ0n) is 14.5. The average Bonchev–Trinajstić information content (AvgIpc) is 2.62. The van der Waals surface area contributed by atoms with E-state index in [4.69, 9.17) is 0 Å². The molecular weight excluding hydrogens is 302 g/mol. The van der Waals surface area contributed by atoms with Gasteiger partial charge < -0.3 is 5.32 Å². The molecule has 1 nitrogen and oxygen atoms in total. The third-order valence-electron chi connectivity index (χ3n) is 3.47. The molecule has 0 unspecified atom stereocenters. The summed E-state index contributed by atoms with van der Waals surface area (Å²) in [4.78, 5) is 0. The van der Waals surface area contributed by atoms with E-state index in [0.717, 1.165) is 18.7 Å². The van der Waals surface area contributed by atoms with Gasteiger partial charge in [0.1, 0.15) is 0 Å². The summed E-state index contributed by atoms with van der Waals surface area (Å²) < 4.78 is 0. The molecule has 0 amide bonds. The van der Waals surface area contributed by atoms with Crippen LogP contribution in [-0.4, -0.2) is 6.54 Å². The molecular formula is C24H25N. The van der Waals surface area contributed by atoms with Crippen molar-refractivity contribution in [2.45, 2.75) is 6.42 Å². The average molecular weight is 327 g/mol. The minimum Gasteiger partial charge on any atom is -0.385 e. The van der Waals surface area contributed by atoms with Crippen molar-refractivity contribution in [2.24, 2.45) is 0 Å². The summed E-state index contributed by atoms with van der Waals surface area (Å²) in [5.41, 5.74) is 2.40. The molecule has 0 spiro atoms. The normalized spacial score (nSPS) is 21.8. The lowest BCUT2D eigenvalue weighted by atomic mass is 10.1. The van der Waals surface area contributed by atoms with Gasteiger partial charge in [-0.25, -0.2) is 0 Å². The van der Waals surface area contributed by atoms with Crippen molar-refractivity contribution in [3.8, 4) is 0 Å². The minimum absolute atomic E-state index is 0.882. The smallest absolute Gasteiger partial charge is 0.0340 e. The minimum atomic E-state index is 0.882. The first-order valence-electron chi connectivity index (χ1n) is 8.61. The monoisotopic (exact) mass is 327 g/mol. The van der Waals surface area contributed by atoms with Crippen molar-refractivity contribution < 1.29 is 0 Å². The molecule has 0 bridgehead atoms. The molecule has 1 aromatic rings. The molecule has 0 aliphatic heterocycles. The van der Waals surface area contributed by atoms with E-state index in [0.29, 0.717) is 0 Å². The molecule has 0 aromatic heterocycles. The lowest BCUT2D eigenvalue weighted by Gasteiger charge is -2.05. The Kier molecular flexibility index (Phi) is 9.05. The number of hydrogen-bond acceptors (Lipinski definition) is 1. The maximum absolute atomic E-state index is 3.49. The van der Waals surface area contributed by atoms with E-state index in [1.54, 1.807) is 0 Å². The van der Waals surface area contributed by atoms with Crippen LogP contribution in [0.3, 0.4) is 0 Å². The fourth-order valence-corrected chi connectivity index (χ4v) is 2.19. The van der Waals surface area contributed by atoms with Crippen molar-refractivity contribution in [1.82, 2.24) is 0 Å². The Bertz CT molecular complexity index is 719. The molecule has 1 aromatic carbocycles. The Morgan fingerprint density at radius 2 is 1.08 bits per heavy atom. The van der Waals surface area contributed by atoms with Crippen LogP contribution in [0, 0.1) is 0 Å². The summed E-state index contributed by atoms with van der Waals surface area (Å²) in [5, 5.41) is 3.49. The molecule has 1 aliphatic carbocycles. The van der Waals surface area contributed by atoms with Crippen LogP contribution < -0.4 is 5.32 Å². The fourth-order valence-electron chi connectivity index (χ4n) is 2.19. The van der Waals surface area contributed by atoms with Crippen molar-refractivity contribution in [3.63, 3.8) is 0 Å². The summed E-state index contributed by atoms with van der Waals surface area (Å²) in [6.07, 6.45) is 23.7. The maximum atomic E-state index is 3.49. The lowest BCUT2D eigenvalue weighted by Crippen LogP contribution is -2.01. The second-order valence-corrected chi connectivity index (χ2v) is 5.45. The topological polar surface area (TPSA) is 12.0 Å². The standard InChI is InChI=1S/C24H25N/c1-2-5-9-13-17-23(18-14-10-6-3-1)21-22-25-24-19-15-11-7-4-8-12-16-20-24/h1-20,25H,21-22H2/b2-1-,3-1?,5-2?,6-3-,7-4?,8-4?,9-5-,10-6?,11-7?,12-8?,13-9?,14-10-,15-11?,16-12?,17-13-,18-14?,19-15?,20-16?,23-17?,23-18+,24-19?,24-20?. The van der Waals surface area contributed by atoms with Crippen LogP contribution in [0.1, 0.15) is 6.42 Å². The van der Waals surface area contributed by atoms with E-state index in [2.05, 4.69) is 41.8 Å². The van der Waals surface area contributed by atoms with Crippen molar-refractivity contribution in [2.75, 3.05) is 11.9 Å². The number of anilines is 1. The highest BCUT2D eigenvalue weighted by molar-refractivity contribution is 5.41.